The smallest absolute Gasteiger partial charge is 0.256 e. The molecule has 1 aromatic rings. The van der Waals surface area contributed by atoms with Crippen molar-refractivity contribution in [2.75, 3.05) is 31.4 Å². The topological polar surface area (TPSA) is 41.6 Å². The number of methoxy groups -OCH3 is 1. The molecule has 0 aliphatic carbocycles. The number of carbonyl (C=O) groups excluding carboxylic acids is 1. The van der Waals surface area contributed by atoms with E-state index in [0.29, 0.717) is 0 Å². The zero-order valence-corrected chi connectivity index (χ0v) is 12.0. The molecule has 0 saturated heterocycles. The van der Waals surface area contributed by atoms with Crippen LogP contribution in [0.4, 0.5) is 11.4 Å². The van der Waals surface area contributed by atoms with Crippen LogP contribution >= 0.6 is 0 Å². The van der Waals surface area contributed by atoms with Crippen LogP contribution in [0.1, 0.15) is 19.4 Å². The van der Waals surface area contributed by atoms with E-state index in [1.807, 2.05) is 44.1 Å². The number of benzene rings is 1. The Morgan fingerprint density at radius 2 is 1.94 bits per heavy atom. The molecular weight excluding hydrogens is 228 g/mol. The summed E-state index contributed by atoms with van der Waals surface area (Å²) in [5.74, 6) is -0.154. The number of nitrogens with one attached hydrogen (secondary N) is 1. The van der Waals surface area contributed by atoms with Crippen LogP contribution in [0.15, 0.2) is 18.2 Å². The largest absolute Gasteiger partial charge is 0.377 e. The second kappa shape index (κ2) is 5.40. The van der Waals surface area contributed by atoms with Gasteiger partial charge in [0, 0.05) is 32.6 Å². The van der Waals surface area contributed by atoms with Crippen molar-refractivity contribution in [2.45, 2.75) is 26.4 Å². The van der Waals surface area contributed by atoms with Gasteiger partial charge in [0.1, 0.15) is 5.60 Å². The van der Waals surface area contributed by atoms with Crippen molar-refractivity contribution in [2.24, 2.45) is 0 Å². The Morgan fingerprint density at radius 1 is 1.33 bits per heavy atom. The van der Waals surface area contributed by atoms with E-state index in [2.05, 4.69) is 5.32 Å². The summed E-state index contributed by atoms with van der Waals surface area (Å²) in [6.45, 7) is 5.52. The average Bonchev–Trinajstić information content (AvgIpc) is 2.31. The molecule has 0 saturated carbocycles. The second-order valence-corrected chi connectivity index (χ2v) is 5.06. The molecule has 1 N–H and O–H groups in total. The first-order chi connectivity index (χ1) is 8.27. The van der Waals surface area contributed by atoms with Crippen molar-refractivity contribution in [3.63, 3.8) is 0 Å². The molecule has 0 heterocycles. The minimum absolute atomic E-state index is 0.154. The molecule has 0 aliphatic heterocycles. The van der Waals surface area contributed by atoms with Gasteiger partial charge in [0.25, 0.3) is 5.91 Å². The lowest BCUT2D eigenvalue weighted by molar-refractivity contribution is -0.133. The van der Waals surface area contributed by atoms with Crippen LogP contribution < -0.4 is 10.2 Å². The Balaban J connectivity index is 2.93. The summed E-state index contributed by atoms with van der Waals surface area (Å²) in [5.41, 5.74) is 2.20. The first kappa shape index (κ1) is 14.5. The van der Waals surface area contributed by atoms with Crippen molar-refractivity contribution >= 4 is 17.3 Å². The van der Waals surface area contributed by atoms with Crippen LogP contribution in [0.2, 0.25) is 0 Å². The molecule has 1 rings (SSSR count). The lowest BCUT2D eigenvalue weighted by Gasteiger charge is -2.23. The van der Waals surface area contributed by atoms with Crippen LogP contribution in [0, 0.1) is 6.92 Å². The van der Waals surface area contributed by atoms with E-state index in [9.17, 15) is 4.79 Å². The second-order valence-electron chi connectivity index (χ2n) is 5.06. The van der Waals surface area contributed by atoms with Crippen molar-refractivity contribution < 1.29 is 9.53 Å². The van der Waals surface area contributed by atoms with E-state index in [1.54, 1.807) is 13.8 Å². The van der Waals surface area contributed by atoms with Gasteiger partial charge in [-0.2, -0.15) is 0 Å². The third kappa shape index (κ3) is 3.23. The molecule has 0 aliphatic rings. The van der Waals surface area contributed by atoms with Crippen molar-refractivity contribution in [3.8, 4) is 0 Å². The highest BCUT2D eigenvalue weighted by atomic mass is 16.5. The molecule has 0 unspecified atom stereocenters. The van der Waals surface area contributed by atoms with Crippen LogP contribution in [0.5, 0.6) is 0 Å². The van der Waals surface area contributed by atoms with Gasteiger partial charge in [-0.3, -0.25) is 4.79 Å². The third-order valence-corrected chi connectivity index (χ3v) is 3.01. The monoisotopic (exact) mass is 250 g/mol. The maximum atomic E-state index is 12.0. The zero-order chi connectivity index (χ0) is 13.9. The highest BCUT2D eigenvalue weighted by Gasteiger charge is 2.26. The molecule has 0 fully saturated rings. The van der Waals surface area contributed by atoms with Gasteiger partial charge in [0.05, 0.1) is 0 Å². The number of hydrogen-bond acceptors (Lipinski definition) is 3. The number of amides is 1. The molecular formula is C14H22N2O2. The van der Waals surface area contributed by atoms with E-state index in [4.69, 9.17) is 4.74 Å². The summed E-state index contributed by atoms with van der Waals surface area (Å²) in [6, 6.07) is 5.84. The summed E-state index contributed by atoms with van der Waals surface area (Å²) in [6.07, 6.45) is 0. The SMILES string of the molecule is COC(C)(C)C(=O)Nc1ccc(C)c(N(C)C)c1. The lowest BCUT2D eigenvalue weighted by atomic mass is 10.1. The molecule has 0 radical (unpaired) electrons. The Morgan fingerprint density at radius 3 is 2.44 bits per heavy atom. The highest BCUT2D eigenvalue weighted by Crippen LogP contribution is 2.23. The van der Waals surface area contributed by atoms with Crippen LogP contribution in [-0.4, -0.2) is 32.7 Å². The molecule has 1 aromatic carbocycles. The molecule has 18 heavy (non-hydrogen) atoms. The Labute approximate surface area is 109 Å². The van der Waals surface area contributed by atoms with Crippen LogP contribution in [-0.2, 0) is 9.53 Å². The van der Waals surface area contributed by atoms with Gasteiger partial charge >= 0.3 is 0 Å². The van der Waals surface area contributed by atoms with E-state index in [1.165, 1.54) is 12.7 Å². The van der Waals surface area contributed by atoms with Gasteiger partial charge in [-0.25, -0.2) is 0 Å². The maximum Gasteiger partial charge on any atom is 0.256 e. The molecule has 0 spiro atoms. The van der Waals surface area contributed by atoms with Gasteiger partial charge < -0.3 is 15.0 Å². The summed E-state index contributed by atoms with van der Waals surface area (Å²) < 4.78 is 5.15. The fourth-order valence-corrected chi connectivity index (χ4v) is 1.54. The first-order valence-corrected chi connectivity index (χ1v) is 5.92. The molecule has 1 amide bonds. The summed E-state index contributed by atoms with van der Waals surface area (Å²) >= 11 is 0. The Kier molecular flexibility index (Phi) is 4.35. The van der Waals surface area contributed by atoms with Gasteiger partial charge in [-0.1, -0.05) is 6.07 Å². The van der Waals surface area contributed by atoms with E-state index < -0.39 is 5.60 Å². The van der Waals surface area contributed by atoms with Gasteiger partial charge in [0.2, 0.25) is 0 Å². The van der Waals surface area contributed by atoms with Gasteiger partial charge in [-0.05, 0) is 38.5 Å². The Hall–Kier alpha value is -1.55. The summed E-state index contributed by atoms with van der Waals surface area (Å²) in [7, 11) is 5.49. The summed E-state index contributed by atoms with van der Waals surface area (Å²) in [4.78, 5) is 14.0. The van der Waals surface area contributed by atoms with Crippen LogP contribution in [0.3, 0.4) is 0 Å². The first-order valence-electron chi connectivity index (χ1n) is 5.92. The van der Waals surface area contributed by atoms with E-state index in [0.717, 1.165) is 11.4 Å². The summed E-state index contributed by atoms with van der Waals surface area (Å²) in [5, 5.41) is 2.86. The number of ether oxygens (including phenoxy) is 1. The number of hydrogen-bond donors (Lipinski definition) is 1. The quantitative estimate of drug-likeness (QED) is 0.892. The Bertz CT molecular complexity index is 439. The van der Waals surface area contributed by atoms with Crippen molar-refractivity contribution in [3.05, 3.63) is 23.8 Å². The number of nitrogens with zero attached hydrogens (tertiary/aromatic N) is 1. The predicted octanol–water partition coefficient (Wildman–Crippen LogP) is 2.42. The lowest BCUT2D eigenvalue weighted by Crippen LogP contribution is -2.38. The standard InChI is InChI=1S/C14H22N2O2/c1-10-7-8-11(9-12(10)16(4)5)15-13(17)14(2,3)18-6/h7-9H,1-6H3,(H,15,17). The molecule has 100 valence electrons. The minimum Gasteiger partial charge on any atom is -0.377 e. The minimum atomic E-state index is -0.830. The van der Waals surface area contributed by atoms with Crippen molar-refractivity contribution in [1.29, 1.82) is 0 Å². The van der Waals surface area contributed by atoms with Crippen molar-refractivity contribution in [1.82, 2.24) is 0 Å². The average molecular weight is 250 g/mol. The molecule has 4 nitrogen and oxygen atoms in total. The van der Waals surface area contributed by atoms with Gasteiger partial charge in [0.15, 0.2) is 0 Å². The van der Waals surface area contributed by atoms with E-state index in [-0.39, 0.29) is 5.91 Å². The number of aryl methyl sites for hydroxylation is 1. The maximum absolute atomic E-state index is 12.0. The molecule has 4 heteroatoms. The van der Waals surface area contributed by atoms with Gasteiger partial charge in [-0.15, -0.1) is 0 Å². The molecule has 0 aromatic heterocycles. The number of carbonyl (C=O) groups is 1. The van der Waals surface area contributed by atoms with E-state index >= 15 is 0 Å². The zero-order valence-electron chi connectivity index (χ0n) is 12.0. The highest BCUT2D eigenvalue weighted by molar-refractivity contribution is 5.97. The molecule has 0 atom stereocenters. The fraction of sp³-hybridized carbons (Fsp3) is 0.500. The normalized spacial score (nSPS) is 11.2. The fourth-order valence-electron chi connectivity index (χ4n) is 1.54. The number of rotatable bonds is 4. The van der Waals surface area contributed by atoms with Crippen LogP contribution in [0.25, 0.3) is 0 Å². The predicted molar refractivity (Wildman–Crippen MR) is 75.2 cm³/mol. The number of anilines is 2. The third-order valence-electron chi connectivity index (χ3n) is 3.01. The molecule has 0 bridgehead atoms.